The van der Waals surface area contributed by atoms with E-state index in [1.165, 1.54) is 25.7 Å². The molecule has 0 radical (unpaired) electrons. The van der Waals surface area contributed by atoms with E-state index in [1.54, 1.807) is 0 Å². The second kappa shape index (κ2) is 7.85. The summed E-state index contributed by atoms with van der Waals surface area (Å²) in [5, 5.41) is 3.98. The first-order chi connectivity index (χ1) is 11.7. The van der Waals surface area contributed by atoms with E-state index in [0.717, 1.165) is 16.5 Å². The second-order valence-corrected chi connectivity index (χ2v) is 7.11. The summed E-state index contributed by atoms with van der Waals surface area (Å²) in [6, 6.07) is 17.4. The number of carbonyl (C=O) groups is 1. The minimum Gasteiger partial charge on any atom is -0.345 e. The quantitative estimate of drug-likeness (QED) is 0.694. The number of benzene rings is 2. The molecule has 2 aromatic rings. The zero-order chi connectivity index (χ0) is 16.9. The molecule has 1 N–H and O–H groups in total. The molecular formula is C21H24ClNO. The lowest BCUT2D eigenvalue weighted by atomic mass is 9.99. The number of hydrogen-bond acceptors (Lipinski definition) is 1. The van der Waals surface area contributed by atoms with Crippen LogP contribution in [0.2, 0.25) is 5.02 Å². The normalized spacial score (nSPS) is 20.4. The number of hydrogen-bond donors (Lipinski definition) is 1. The van der Waals surface area contributed by atoms with Gasteiger partial charge in [0.15, 0.2) is 0 Å². The lowest BCUT2D eigenvalue weighted by Crippen LogP contribution is -2.30. The summed E-state index contributed by atoms with van der Waals surface area (Å²) in [6.07, 6.45) is 4.95. The monoisotopic (exact) mass is 341 g/mol. The number of halogens is 1. The summed E-state index contributed by atoms with van der Waals surface area (Å²) in [5.41, 5.74) is 1.86. The van der Waals surface area contributed by atoms with Gasteiger partial charge in [-0.1, -0.05) is 68.1 Å². The fourth-order valence-corrected chi connectivity index (χ4v) is 3.53. The van der Waals surface area contributed by atoms with Crippen LogP contribution < -0.4 is 5.32 Å². The molecule has 3 atom stereocenters. The van der Waals surface area contributed by atoms with Crippen molar-refractivity contribution in [2.75, 3.05) is 0 Å². The van der Waals surface area contributed by atoms with Crippen molar-refractivity contribution in [1.29, 1.82) is 0 Å². The summed E-state index contributed by atoms with van der Waals surface area (Å²) in [7, 11) is 0. The van der Waals surface area contributed by atoms with Gasteiger partial charge in [-0.3, -0.25) is 4.79 Å². The number of carbonyl (C=O) groups excluding carboxylic acids is 1. The first-order valence-corrected chi connectivity index (χ1v) is 9.18. The molecule has 1 saturated carbocycles. The summed E-state index contributed by atoms with van der Waals surface area (Å²) in [6.45, 7) is 2.23. The maximum absolute atomic E-state index is 12.6. The van der Waals surface area contributed by atoms with E-state index in [2.05, 4.69) is 12.2 Å². The molecule has 0 aliphatic heterocycles. The fraction of sp³-hybridized carbons (Fsp3) is 0.381. The van der Waals surface area contributed by atoms with Crippen LogP contribution in [-0.4, -0.2) is 5.91 Å². The van der Waals surface area contributed by atoms with Crippen LogP contribution in [0, 0.1) is 11.8 Å². The number of unbranched alkanes of at least 4 members (excludes halogenated alkanes) is 1. The first kappa shape index (κ1) is 17.0. The van der Waals surface area contributed by atoms with E-state index in [4.69, 9.17) is 11.6 Å². The minimum atomic E-state index is -0.00306. The van der Waals surface area contributed by atoms with Gasteiger partial charge in [-0.2, -0.15) is 0 Å². The summed E-state index contributed by atoms with van der Waals surface area (Å²) in [4.78, 5) is 12.6. The highest BCUT2D eigenvalue weighted by atomic mass is 35.5. The van der Waals surface area contributed by atoms with Gasteiger partial charge in [0.05, 0.1) is 6.04 Å². The number of nitrogens with one attached hydrogen (secondary N) is 1. The highest BCUT2D eigenvalue weighted by Crippen LogP contribution is 2.50. The minimum absolute atomic E-state index is 0.00306. The lowest BCUT2D eigenvalue weighted by Gasteiger charge is -2.20. The third kappa shape index (κ3) is 4.18. The van der Waals surface area contributed by atoms with Gasteiger partial charge in [0.1, 0.15) is 0 Å². The van der Waals surface area contributed by atoms with Gasteiger partial charge in [0.25, 0.3) is 5.91 Å². The van der Waals surface area contributed by atoms with Crippen molar-refractivity contribution in [3.63, 3.8) is 0 Å². The summed E-state index contributed by atoms with van der Waals surface area (Å²) >= 11 is 6.02. The van der Waals surface area contributed by atoms with Crippen molar-refractivity contribution in [3.05, 3.63) is 70.7 Å². The van der Waals surface area contributed by atoms with Crippen molar-refractivity contribution in [2.45, 2.75) is 38.6 Å². The van der Waals surface area contributed by atoms with Gasteiger partial charge >= 0.3 is 0 Å². The molecule has 24 heavy (non-hydrogen) atoms. The van der Waals surface area contributed by atoms with Crippen LogP contribution in [0.3, 0.4) is 0 Å². The molecule has 0 unspecified atom stereocenters. The molecule has 0 spiro atoms. The molecule has 2 aromatic carbocycles. The first-order valence-electron chi connectivity index (χ1n) is 8.80. The third-order valence-corrected chi connectivity index (χ3v) is 5.14. The molecule has 126 valence electrons. The van der Waals surface area contributed by atoms with Crippen molar-refractivity contribution in [3.8, 4) is 0 Å². The Bertz CT molecular complexity index is 668. The zero-order valence-corrected chi connectivity index (χ0v) is 14.8. The van der Waals surface area contributed by atoms with Crippen LogP contribution >= 0.6 is 11.6 Å². The van der Waals surface area contributed by atoms with Gasteiger partial charge in [0.2, 0.25) is 0 Å². The van der Waals surface area contributed by atoms with Crippen LogP contribution in [0.25, 0.3) is 0 Å². The Morgan fingerprint density at radius 2 is 1.88 bits per heavy atom. The Balaban J connectivity index is 1.75. The molecule has 0 bridgehead atoms. The Morgan fingerprint density at radius 1 is 1.17 bits per heavy atom. The van der Waals surface area contributed by atoms with Gasteiger partial charge in [0, 0.05) is 10.6 Å². The number of rotatable bonds is 7. The highest BCUT2D eigenvalue weighted by molar-refractivity contribution is 6.30. The Morgan fingerprint density at radius 3 is 2.54 bits per heavy atom. The van der Waals surface area contributed by atoms with E-state index < -0.39 is 0 Å². The molecule has 0 saturated heterocycles. The van der Waals surface area contributed by atoms with E-state index in [-0.39, 0.29) is 11.9 Å². The van der Waals surface area contributed by atoms with Crippen LogP contribution in [-0.2, 0) is 0 Å². The topological polar surface area (TPSA) is 29.1 Å². The van der Waals surface area contributed by atoms with Gasteiger partial charge < -0.3 is 5.32 Å². The van der Waals surface area contributed by atoms with Crippen molar-refractivity contribution in [1.82, 2.24) is 5.32 Å². The molecule has 1 aliphatic rings. The third-order valence-electron chi connectivity index (χ3n) is 4.89. The molecule has 1 amide bonds. The van der Waals surface area contributed by atoms with E-state index in [9.17, 15) is 4.79 Å². The molecule has 2 nitrogen and oxygen atoms in total. The average Bonchev–Trinajstić information content (AvgIpc) is 3.38. The Hall–Kier alpha value is -1.80. The zero-order valence-electron chi connectivity index (χ0n) is 14.0. The predicted molar refractivity (Wildman–Crippen MR) is 99.2 cm³/mol. The van der Waals surface area contributed by atoms with E-state index >= 15 is 0 Å². The highest BCUT2D eigenvalue weighted by Gasteiger charge is 2.43. The predicted octanol–water partition coefficient (Wildman–Crippen LogP) is 5.64. The molecule has 0 heterocycles. The summed E-state index contributed by atoms with van der Waals surface area (Å²) < 4.78 is 0. The molecule has 0 aromatic heterocycles. The molecule has 1 fully saturated rings. The maximum Gasteiger partial charge on any atom is 0.251 e. The van der Waals surface area contributed by atoms with Crippen LogP contribution in [0.15, 0.2) is 54.6 Å². The molecular weight excluding hydrogens is 318 g/mol. The number of amides is 1. The fourth-order valence-electron chi connectivity index (χ4n) is 3.40. The summed E-state index contributed by atoms with van der Waals surface area (Å²) in [5.74, 6) is 1.25. The van der Waals surface area contributed by atoms with Crippen molar-refractivity contribution in [2.24, 2.45) is 11.8 Å². The Labute approximate surface area is 149 Å². The second-order valence-electron chi connectivity index (χ2n) is 6.67. The van der Waals surface area contributed by atoms with Crippen LogP contribution in [0.1, 0.15) is 54.6 Å². The Kier molecular flexibility index (Phi) is 5.57. The standard InChI is InChI=1S/C21H24ClNO/c1-2-3-7-17-14-19(17)20(15-10-12-18(22)13-11-15)23-21(24)16-8-5-4-6-9-16/h4-6,8-13,17,19-20H,2-3,7,14H2,1H3,(H,23,24)/t17-,19-,20+/m1/s1. The van der Waals surface area contributed by atoms with Gasteiger partial charge in [-0.25, -0.2) is 0 Å². The lowest BCUT2D eigenvalue weighted by molar-refractivity contribution is 0.0930. The molecule has 1 aliphatic carbocycles. The van der Waals surface area contributed by atoms with Crippen LogP contribution in [0.4, 0.5) is 0 Å². The van der Waals surface area contributed by atoms with E-state index in [1.807, 2.05) is 54.6 Å². The van der Waals surface area contributed by atoms with Crippen molar-refractivity contribution < 1.29 is 4.79 Å². The maximum atomic E-state index is 12.6. The van der Waals surface area contributed by atoms with Gasteiger partial charge in [-0.15, -0.1) is 0 Å². The SMILES string of the molecule is CCCC[C@@H]1C[C@H]1[C@@H](NC(=O)c1ccccc1)c1ccc(Cl)cc1. The van der Waals surface area contributed by atoms with Gasteiger partial charge in [-0.05, 0) is 48.1 Å². The largest absolute Gasteiger partial charge is 0.345 e. The molecule has 3 heteroatoms. The smallest absolute Gasteiger partial charge is 0.251 e. The average molecular weight is 342 g/mol. The van der Waals surface area contributed by atoms with Crippen LogP contribution in [0.5, 0.6) is 0 Å². The molecule has 3 rings (SSSR count). The van der Waals surface area contributed by atoms with Crippen molar-refractivity contribution >= 4 is 17.5 Å². The van der Waals surface area contributed by atoms with E-state index in [0.29, 0.717) is 11.5 Å².